The molecule has 0 saturated carbocycles. The number of nitrogens with one attached hydrogen (secondary N) is 1. The lowest BCUT2D eigenvalue weighted by molar-refractivity contribution is 0.0285. The molecule has 1 fully saturated rings. The van der Waals surface area contributed by atoms with Crippen molar-refractivity contribution >= 4 is 27.8 Å². The van der Waals surface area contributed by atoms with Crippen LogP contribution in [0.3, 0.4) is 0 Å². The molecule has 0 aromatic carbocycles. The van der Waals surface area contributed by atoms with E-state index in [0.717, 1.165) is 40.8 Å². The first-order chi connectivity index (χ1) is 13.6. The molecule has 1 atom stereocenters. The Morgan fingerprint density at radius 1 is 1.28 bits per heavy atom. The van der Waals surface area contributed by atoms with Gasteiger partial charge in [0.1, 0.15) is 11.4 Å². The standard InChI is InChI=1S/C21H26BrN5O2/c1-13-16(18-23-10-15(22)11-24-18)9-14-5-6-21(26-17(14)25-13)7-8-27(12-21)19(28)29-20(2,3)4/h9-11H,5-8,12H2,1-4H3,(H,25,26)/t21-/m0/s1. The number of pyridine rings is 1. The highest BCUT2D eigenvalue weighted by atomic mass is 79.9. The fraction of sp³-hybridized carbons (Fsp3) is 0.524. The van der Waals surface area contributed by atoms with Gasteiger partial charge < -0.3 is 15.0 Å². The van der Waals surface area contributed by atoms with Crippen LogP contribution in [0, 0.1) is 6.92 Å². The van der Waals surface area contributed by atoms with Gasteiger partial charge in [-0.1, -0.05) is 0 Å². The molecule has 4 heterocycles. The van der Waals surface area contributed by atoms with Gasteiger partial charge in [0.25, 0.3) is 0 Å². The molecule has 0 bridgehead atoms. The average molecular weight is 460 g/mol. The van der Waals surface area contributed by atoms with E-state index >= 15 is 0 Å². The maximum atomic E-state index is 12.5. The van der Waals surface area contributed by atoms with Gasteiger partial charge in [-0.3, -0.25) is 0 Å². The normalized spacial score (nSPS) is 21.1. The number of carbonyl (C=O) groups is 1. The number of hydrogen-bond acceptors (Lipinski definition) is 6. The number of ether oxygens (including phenoxy) is 1. The summed E-state index contributed by atoms with van der Waals surface area (Å²) in [4.78, 5) is 27.9. The van der Waals surface area contributed by atoms with Gasteiger partial charge in [-0.2, -0.15) is 0 Å². The molecule has 0 radical (unpaired) electrons. The van der Waals surface area contributed by atoms with Crippen LogP contribution in [0.1, 0.15) is 44.9 Å². The average Bonchev–Trinajstić information content (AvgIpc) is 3.04. The molecule has 0 unspecified atom stereocenters. The minimum absolute atomic E-state index is 0.140. The predicted molar refractivity (Wildman–Crippen MR) is 115 cm³/mol. The lowest BCUT2D eigenvalue weighted by Gasteiger charge is -2.36. The van der Waals surface area contributed by atoms with Crippen LogP contribution < -0.4 is 5.32 Å². The Morgan fingerprint density at radius 3 is 2.69 bits per heavy atom. The van der Waals surface area contributed by atoms with Crippen LogP contribution >= 0.6 is 15.9 Å². The van der Waals surface area contributed by atoms with E-state index < -0.39 is 5.60 Å². The van der Waals surface area contributed by atoms with E-state index in [1.54, 1.807) is 17.3 Å². The fourth-order valence-corrected chi connectivity index (χ4v) is 4.18. The molecule has 7 nitrogen and oxygen atoms in total. The van der Waals surface area contributed by atoms with Gasteiger partial charge in [0, 0.05) is 31.0 Å². The highest BCUT2D eigenvalue weighted by molar-refractivity contribution is 9.10. The van der Waals surface area contributed by atoms with Gasteiger partial charge in [-0.05, 0) is 74.5 Å². The first kappa shape index (κ1) is 20.1. The summed E-state index contributed by atoms with van der Waals surface area (Å²) in [5.41, 5.74) is 2.38. The Hall–Kier alpha value is -2.22. The van der Waals surface area contributed by atoms with Crippen molar-refractivity contribution in [3.8, 4) is 11.4 Å². The lowest BCUT2D eigenvalue weighted by atomic mass is 9.86. The van der Waals surface area contributed by atoms with Crippen molar-refractivity contribution < 1.29 is 9.53 Å². The van der Waals surface area contributed by atoms with Crippen LogP contribution in [-0.2, 0) is 11.2 Å². The molecule has 2 aromatic rings. The van der Waals surface area contributed by atoms with Gasteiger partial charge in [0.15, 0.2) is 5.82 Å². The number of carbonyl (C=O) groups excluding carboxylic acids is 1. The molecule has 29 heavy (non-hydrogen) atoms. The molecule has 2 aliphatic heterocycles. The largest absolute Gasteiger partial charge is 0.444 e. The van der Waals surface area contributed by atoms with E-state index in [9.17, 15) is 4.79 Å². The third kappa shape index (κ3) is 4.22. The molecule has 1 spiro atoms. The zero-order valence-corrected chi connectivity index (χ0v) is 18.8. The number of rotatable bonds is 1. The predicted octanol–water partition coefficient (Wildman–Crippen LogP) is 4.35. The number of hydrogen-bond donors (Lipinski definition) is 1. The number of amides is 1. The van der Waals surface area contributed by atoms with E-state index in [-0.39, 0.29) is 11.6 Å². The highest BCUT2D eigenvalue weighted by Crippen LogP contribution is 2.38. The zero-order valence-electron chi connectivity index (χ0n) is 17.3. The number of halogens is 1. The van der Waals surface area contributed by atoms with Crippen LogP contribution in [0.25, 0.3) is 11.4 Å². The van der Waals surface area contributed by atoms with E-state index in [2.05, 4.69) is 37.3 Å². The van der Waals surface area contributed by atoms with Crippen molar-refractivity contribution in [2.75, 3.05) is 18.4 Å². The Labute approximate surface area is 179 Å². The number of anilines is 1. The van der Waals surface area contributed by atoms with Crippen molar-refractivity contribution in [3.05, 3.63) is 34.2 Å². The van der Waals surface area contributed by atoms with Crippen molar-refractivity contribution in [1.82, 2.24) is 19.9 Å². The first-order valence-electron chi connectivity index (χ1n) is 9.89. The van der Waals surface area contributed by atoms with Crippen molar-refractivity contribution in [3.63, 3.8) is 0 Å². The molecule has 0 aliphatic carbocycles. The molecule has 2 aliphatic rings. The molecular weight excluding hydrogens is 434 g/mol. The second-order valence-electron chi connectivity index (χ2n) is 8.91. The maximum Gasteiger partial charge on any atom is 0.410 e. The lowest BCUT2D eigenvalue weighted by Crippen LogP contribution is -2.46. The second kappa shape index (κ2) is 7.23. The number of aryl methyl sites for hydroxylation is 2. The third-order valence-corrected chi connectivity index (χ3v) is 5.82. The smallest absolute Gasteiger partial charge is 0.410 e. The Morgan fingerprint density at radius 2 is 2.00 bits per heavy atom. The van der Waals surface area contributed by atoms with Crippen molar-refractivity contribution in [1.29, 1.82) is 0 Å². The molecule has 2 aromatic heterocycles. The molecular formula is C21H26BrN5O2. The SMILES string of the molecule is Cc1nc2c(cc1-c1ncc(Br)cn1)CC[C@@]1(CCN(C(=O)OC(C)(C)C)C1)N2. The monoisotopic (exact) mass is 459 g/mol. The summed E-state index contributed by atoms with van der Waals surface area (Å²) < 4.78 is 6.39. The van der Waals surface area contributed by atoms with Gasteiger partial charge in [-0.25, -0.2) is 19.7 Å². The summed E-state index contributed by atoms with van der Waals surface area (Å²) in [6, 6.07) is 2.14. The molecule has 154 valence electrons. The van der Waals surface area contributed by atoms with Crippen molar-refractivity contribution in [2.45, 2.75) is 58.1 Å². The van der Waals surface area contributed by atoms with Crippen LogP contribution in [-0.4, -0.2) is 50.2 Å². The fourth-order valence-electron chi connectivity index (χ4n) is 3.97. The van der Waals surface area contributed by atoms with Gasteiger partial charge in [0.05, 0.1) is 15.7 Å². The van der Waals surface area contributed by atoms with Gasteiger partial charge in [-0.15, -0.1) is 0 Å². The molecule has 1 amide bonds. The van der Waals surface area contributed by atoms with Crippen molar-refractivity contribution in [2.24, 2.45) is 0 Å². The Balaban J connectivity index is 1.53. The van der Waals surface area contributed by atoms with Gasteiger partial charge >= 0.3 is 6.09 Å². The second-order valence-corrected chi connectivity index (χ2v) is 9.83. The summed E-state index contributed by atoms with van der Waals surface area (Å²) in [6.45, 7) is 8.99. The number of fused-ring (bicyclic) bond motifs is 1. The summed E-state index contributed by atoms with van der Waals surface area (Å²) in [5, 5.41) is 3.64. The molecule has 4 rings (SSSR count). The van der Waals surface area contributed by atoms with Crippen LogP contribution in [0.2, 0.25) is 0 Å². The highest BCUT2D eigenvalue weighted by Gasteiger charge is 2.43. The first-order valence-corrected chi connectivity index (χ1v) is 10.7. The zero-order chi connectivity index (χ0) is 20.8. The van der Waals surface area contributed by atoms with E-state index in [1.165, 1.54) is 5.56 Å². The Kier molecular flexibility index (Phi) is 5.01. The Bertz CT molecular complexity index is 941. The number of nitrogens with zero attached hydrogens (tertiary/aromatic N) is 4. The molecule has 1 saturated heterocycles. The number of likely N-dealkylation sites (tertiary alicyclic amines) is 1. The molecule has 1 N–H and O–H groups in total. The van der Waals surface area contributed by atoms with Crippen LogP contribution in [0.5, 0.6) is 0 Å². The quantitative estimate of drug-likeness (QED) is 0.682. The van der Waals surface area contributed by atoms with Crippen LogP contribution in [0.4, 0.5) is 10.6 Å². The van der Waals surface area contributed by atoms with E-state index in [1.807, 2.05) is 27.7 Å². The van der Waals surface area contributed by atoms with E-state index in [4.69, 9.17) is 9.72 Å². The van der Waals surface area contributed by atoms with Crippen LogP contribution in [0.15, 0.2) is 22.9 Å². The summed E-state index contributed by atoms with van der Waals surface area (Å²) >= 11 is 3.37. The topological polar surface area (TPSA) is 80.2 Å². The maximum absolute atomic E-state index is 12.5. The summed E-state index contributed by atoms with van der Waals surface area (Å²) in [6.07, 6.45) is 6.00. The van der Waals surface area contributed by atoms with Gasteiger partial charge in [0.2, 0.25) is 0 Å². The summed E-state index contributed by atoms with van der Waals surface area (Å²) in [5.74, 6) is 1.58. The van der Waals surface area contributed by atoms with E-state index in [0.29, 0.717) is 18.9 Å². The molecule has 8 heteroatoms. The minimum Gasteiger partial charge on any atom is -0.444 e. The minimum atomic E-state index is -0.483. The summed E-state index contributed by atoms with van der Waals surface area (Å²) in [7, 11) is 0. The number of aromatic nitrogens is 3. The third-order valence-electron chi connectivity index (χ3n) is 5.42.